The molecule has 0 aromatic rings. The molecule has 0 bridgehead atoms. The largest absolute Gasteiger partial charge is 0.383 e. The predicted octanol–water partition coefficient (Wildman–Crippen LogP) is 0.0870. The second-order valence-electron chi connectivity index (χ2n) is 5.70. The van der Waals surface area contributed by atoms with Crippen molar-refractivity contribution in [3.8, 4) is 0 Å². The Morgan fingerprint density at radius 2 is 2.04 bits per heavy atom. The highest BCUT2D eigenvalue weighted by Crippen LogP contribution is 2.16. The normalized spacial score (nSPS) is 20.0. The first-order chi connectivity index (χ1) is 11.0. The van der Waals surface area contributed by atoms with Gasteiger partial charge in [0.2, 0.25) is 0 Å². The molecule has 1 heterocycles. The summed E-state index contributed by atoms with van der Waals surface area (Å²) in [5, 5.41) is 6.29. The van der Waals surface area contributed by atoms with Gasteiger partial charge in [0.25, 0.3) is 0 Å². The van der Waals surface area contributed by atoms with E-state index in [1.165, 1.54) is 12.8 Å². The summed E-state index contributed by atoms with van der Waals surface area (Å²) >= 11 is 0. The number of nitrogens with one attached hydrogen (secondary N) is 2. The minimum atomic E-state index is -2.96. The van der Waals surface area contributed by atoms with Crippen LogP contribution in [0.15, 0.2) is 4.99 Å². The van der Waals surface area contributed by atoms with Gasteiger partial charge >= 0.3 is 0 Å². The highest BCUT2D eigenvalue weighted by molar-refractivity contribution is 7.91. The van der Waals surface area contributed by atoms with Crippen LogP contribution in [0.5, 0.6) is 0 Å². The molecule has 0 radical (unpaired) electrons. The Kier molecular flexibility index (Phi) is 9.50. The van der Waals surface area contributed by atoms with E-state index in [4.69, 9.17) is 4.74 Å². The number of sulfone groups is 1. The molecule has 1 atom stereocenters. The molecule has 1 aliphatic rings. The quantitative estimate of drug-likeness (QED) is 0.331. The minimum absolute atomic E-state index is 0.124. The van der Waals surface area contributed by atoms with Crippen molar-refractivity contribution in [1.82, 2.24) is 15.5 Å². The summed E-state index contributed by atoms with van der Waals surface area (Å²) in [6, 6.07) is 0.486. The summed E-state index contributed by atoms with van der Waals surface area (Å²) in [7, 11) is -1.31. The zero-order valence-electron chi connectivity index (χ0n) is 14.7. The fourth-order valence-corrected chi connectivity index (χ4v) is 3.33. The minimum Gasteiger partial charge on any atom is -0.383 e. The Balaban J connectivity index is 2.51. The number of hydrogen-bond donors (Lipinski definition) is 2. The van der Waals surface area contributed by atoms with Gasteiger partial charge in [-0.25, -0.2) is 8.42 Å². The maximum absolute atomic E-state index is 11.6. The zero-order valence-corrected chi connectivity index (χ0v) is 15.5. The van der Waals surface area contributed by atoms with E-state index < -0.39 is 9.84 Å². The fraction of sp³-hybridized carbons (Fsp3) is 0.933. The highest BCUT2D eigenvalue weighted by Gasteiger charge is 2.22. The summed E-state index contributed by atoms with van der Waals surface area (Å²) in [6.45, 7) is 8.37. The van der Waals surface area contributed by atoms with E-state index in [0.717, 1.165) is 19.6 Å². The van der Waals surface area contributed by atoms with Gasteiger partial charge in [-0.15, -0.1) is 0 Å². The SMILES string of the molecule is CCN1CCC[C@H]1CN=C(NCCOC)NCCS(=O)(=O)CC. The molecule has 1 rings (SSSR count). The van der Waals surface area contributed by atoms with Crippen molar-refractivity contribution in [3.63, 3.8) is 0 Å². The Morgan fingerprint density at radius 3 is 2.70 bits per heavy atom. The fourth-order valence-electron chi connectivity index (χ4n) is 2.63. The van der Waals surface area contributed by atoms with E-state index in [9.17, 15) is 8.42 Å². The first-order valence-corrected chi connectivity index (χ1v) is 10.3. The Morgan fingerprint density at radius 1 is 1.30 bits per heavy atom. The number of likely N-dealkylation sites (N-methyl/N-ethyl adjacent to an activating group) is 1. The van der Waals surface area contributed by atoms with Gasteiger partial charge in [-0.05, 0) is 25.9 Å². The van der Waals surface area contributed by atoms with E-state index >= 15 is 0 Å². The van der Waals surface area contributed by atoms with Crippen molar-refractivity contribution in [2.45, 2.75) is 32.7 Å². The average Bonchev–Trinajstić information content (AvgIpc) is 2.99. The Bertz CT molecular complexity index is 454. The van der Waals surface area contributed by atoms with E-state index in [-0.39, 0.29) is 11.5 Å². The summed E-state index contributed by atoms with van der Waals surface area (Å²) in [5.74, 6) is 0.960. The zero-order chi connectivity index (χ0) is 17.1. The second-order valence-corrected chi connectivity index (χ2v) is 8.17. The number of guanidine groups is 1. The lowest BCUT2D eigenvalue weighted by molar-refractivity contribution is 0.203. The van der Waals surface area contributed by atoms with Crippen LogP contribution in [0.25, 0.3) is 0 Å². The first-order valence-electron chi connectivity index (χ1n) is 8.48. The molecule has 1 aliphatic heterocycles. The number of rotatable bonds is 10. The third-order valence-electron chi connectivity index (χ3n) is 4.11. The maximum Gasteiger partial charge on any atom is 0.191 e. The third-order valence-corrected chi connectivity index (χ3v) is 5.82. The number of hydrogen-bond acceptors (Lipinski definition) is 5. The van der Waals surface area contributed by atoms with Gasteiger partial charge in [0, 0.05) is 32.0 Å². The van der Waals surface area contributed by atoms with Crippen molar-refractivity contribution in [1.29, 1.82) is 0 Å². The smallest absolute Gasteiger partial charge is 0.191 e. The molecule has 2 N–H and O–H groups in total. The van der Waals surface area contributed by atoms with Crippen LogP contribution in [0.2, 0.25) is 0 Å². The van der Waals surface area contributed by atoms with E-state index in [0.29, 0.717) is 31.7 Å². The van der Waals surface area contributed by atoms with Crippen LogP contribution in [-0.4, -0.2) is 83.3 Å². The van der Waals surface area contributed by atoms with Gasteiger partial charge in [0.05, 0.1) is 18.9 Å². The molecule has 1 saturated heterocycles. The van der Waals surface area contributed by atoms with Gasteiger partial charge in [0.15, 0.2) is 15.8 Å². The average molecular weight is 349 g/mol. The number of ether oxygens (including phenoxy) is 1. The standard InChI is InChI=1S/C15H32N4O3S/c1-4-19-10-6-7-14(19)13-18-15(16-8-11-22-3)17-9-12-23(20,21)5-2/h14H,4-13H2,1-3H3,(H2,16,17,18)/t14-/m0/s1. The lowest BCUT2D eigenvalue weighted by atomic mass is 10.2. The van der Waals surface area contributed by atoms with Crippen molar-refractivity contribution >= 4 is 15.8 Å². The van der Waals surface area contributed by atoms with Crippen LogP contribution >= 0.6 is 0 Å². The Labute approximate surface area is 140 Å². The lowest BCUT2D eigenvalue weighted by Crippen LogP contribution is -2.42. The first kappa shape index (κ1) is 20.2. The molecule has 23 heavy (non-hydrogen) atoms. The molecule has 0 unspecified atom stereocenters. The molecule has 136 valence electrons. The van der Waals surface area contributed by atoms with Crippen molar-refractivity contribution in [2.75, 3.05) is 57.9 Å². The summed E-state index contributed by atoms with van der Waals surface area (Å²) in [4.78, 5) is 7.07. The topological polar surface area (TPSA) is 83.0 Å². The molecule has 0 saturated carbocycles. The van der Waals surface area contributed by atoms with Gasteiger partial charge < -0.3 is 15.4 Å². The highest BCUT2D eigenvalue weighted by atomic mass is 32.2. The molecule has 0 aromatic heterocycles. The van der Waals surface area contributed by atoms with Crippen LogP contribution in [0, 0.1) is 0 Å². The molecule has 1 fully saturated rings. The molecule has 7 nitrogen and oxygen atoms in total. The molecule has 0 amide bonds. The van der Waals surface area contributed by atoms with Crippen molar-refractivity contribution in [2.24, 2.45) is 4.99 Å². The van der Waals surface area contributed by atoms with Gasteiger partial charge in [0.1, 0.15) is 0 Å². The third kappa shape index (κ3) is 7.99. The molecule has 8 heteroatoms. The Hall–Kier alpha value is -0.860. The lowest BCUT2D eigenvalue weighted by Gasteiger charge is -2.21. The summed E-state index contributed by atoms with van der Waals surface area (Å²) in [6.07, 6.45) is 2.40. The summed E-state index contributed by atoms with van der Waals surface area (Å²) < 4.78 is 28.2. The second kappa shape index (κ2) is 10.8. The van der Waals surface area contributed by atoms with E-state index in [1.807, 2.05) is 0 Å². The monoisotopic (exact) mass is 348 g/mol. The molecule has 0 aromatic carbocycles. The molecular formula is C15H32N4O3S. The van der Waals surface area contributed by atoms with E-state index in [1.54, 1.807) is 14.0 Å². The van der Waals surface area contributed by atoms with Gasteiger partial charge in [-0.3, -0.25) is 9.89 Å². The van der Waals surface area contributed by atoms with Crippen LogP contribution in [0.4, 0.5) is 0 Å². The van der Waals surface area contributed by atoms with Gasteiger partial charge in [-0.2, -0.15) is 0 Å². The van der Waals surface area contributed by atoms with Crippen LogP contribution in [0.3, 0.4) is 0 Å². The molecule has 0 aliphatic carbocycles. The predicted molar refractivity (Wildman–Crippen MR) is 94.8 cm³/mol. The van der Waals surface area contributed by atoms with Crippen molar-refractivity contribution < 1.29 is 13.2 Å². The molecule has 0 spiro atoms. The van der Waals surface area contributed by atoms with Crippen LogP contribution in [-0.2, 0) is 14.6 Å². The van der Waals surface area contributed by atoms with Crippen LogP contribution < -0.4 is 10.6 Å². The van der Waals surface area contributed by atoms with Crippen molar-refractivity contribution in [3.05, 3.63) is 0 Å². The number of nitrogens with zero attached hydrogens (tertiary/aromatic N) is 2. The maximum atomic E-state index is 11.6. The number of aliphatic imine (C=N–C) groups is 1. The number of methoxy groups -OCH3 is 1. The summed E-state index contributed by atoms with van der Waals surface area (Å²) in [5.41, 5.74) is 0. The van der Waals surface area contributed by atoms with Gasteiger partial charge in [-0.1, -0.05) is 13.8 Å². The van der Waals surface area contributed by atoms with Crippen LogP contribution in [0.1, 0.15) is 26.7 Å². The molecular weight excluding hydrogens is 316 g/mol. The number of likely N-dealkylation sites (tertiary alicyclic amines) is 1. The van der Waals surface area contributed by atoms with E-state index in [2.05, 4.69) is 27.4 Å².